The lowest BCUT2D eigenvalue weighted by Crippen LogP contribution is -2.52. The van der Waals surface area contributed by atoms with Crippen molar-refractivity contribution in [1.29, 1.82) is 0 Å². The van der Waals surface area contributed by atoms with Gasteiger partial charge in [0, 0.05) is 44.8 Å². The van der Waals surface area contributed by atoms with E-state index in [0.717, 1.165) is 24.2 Å². The summed E-state index contributed by atoms with van der Waals surface area (Å²) in [4.78, 5) is 31.9. The van der Waals surface area contributed by atoms with Gasteiger partial charge in [-0.1, -0.05) is 42.5 Å². The molecule has 7 heteroatoms. The van der Waals surface area contributed by atoms with E-state index in [1.165, 1.54) is 0 Å². The topological polar surface area (TPSA) is 65.1 Å². The number of piperazine rings is 1. The van der Waals surface area contributed by atoms with Crippen LogP contribution in [0.5, 0.6) is 0 Å². The number of nitrogens with zero attached hydrogens (tertiary/aromatic N) is 3. The van der Waals surface area contributed by atoms with Crippen molar-refractivity contribution in [3.8, 4) is 0 Å². The molecule has 0 aliphatic carbocycles. The molecule has 3 amide bonds. The third-order valence-corrected chi connectivity index (χ3v) is 6.38. The summed E-state index contributed by atoms with van der Waals surface area (Å²) in [6, 6.07) is 17.7. The van der Waals surface area contributed by atoms with Gasteiger partial charge >= 0.3 is 6.03 Å². The molecule has 1 N–H and O–H groups in total. The lowest BCUT2D eigenvalue weighted by atomic mass is 10.0. The zero-order chi connectivity index (χ0) is 23.4. The van der Waals surface area contributed by atoms with Crippen LogP contribution >= 0.6 is 0 Å². The summed E-state index contributed by atoms with van der Waals surface area (Å²) in [5, 5.41) is 3.06. The highest BCUT2D eigenvalue weighted by Gasteiger charge is 2.30. The molecule has 2 saturated heterocycles. The molecular formula is C26H34N4O3. The number of amides is 3. The van der Waals surface area contributed by atoms with Crippen LogP contribution in [0.1, 0.15) is 41.4 Å². The number of benzene rings is 2. The highest BCUT2D eigenvalue weighted by atomic mass is 16.5. The molecule has 7 nitrogen and oxygen atoms in total. The second-order valence-electron chi connectivity index (χ2n) is 9.21. The minimum atomic E-state index is -0.0617. The number of ether oxygens (including phenoxy) is 1. The van der Waals surface area contributed by atoms with Gasteiger partial charge in [0.05, 0.1) is 18.2 Å². The normalized spacial score (nSPS) is 23.9. The number of hydrogen-bond acceptors (Lipinski definition) is 4. The zero-order valence-corrected chi connectivity index (χ0v) is 19.7. The van der Waals surface area contributed by atoms with E-state index in [4.69, 9.17) is 4.74 Å². The number of likely N-dealkylation sites (N-methyl/N-ethyl adjacent to an activating group) is 1. The van der Waals surface area contributed by atoms with Crippen molar-refractivity contribution in [3.63, 3.8) is 0 Å². The predicted octanol–water partition coefficient (Wildman–Crippen LogP) is 3.13. The van der Waals surface area contributed by atoms with Gasteiger partial charge in [-0.25, -0.2) is 4.79 Å². The molecule has 0 bridgehead atoms. The van der Waals surface area contributed by atoms with E-state index in [1.807, 2.05) is 66.1 Å². The predicted molar refractivity (Wildman–Crippen MR) is 128 cm³/mol. The van der Waals surface area contributed by atoms with Crippen molar-refractivity contribution in [2.75, 3.05) is 39.8 Å². The third-order valence-electron chi connectivity index (χ3n) is 6.38. The molecule has 0 saturated carbocycles. The lowest BCUT2D eigenvalue weighted by molar-refractivity contribution is -0.0586. The molecule has 0 radical (unpaired) electrons. The molecule has 0 aromatic heterocycles. The lowest BCUT2D eigenvalue weighted by Gasteiger charge is -2.40. The number of hydrogen-bond donors (Lipinski definition) is 1. The van der Waals surface area contributed by atoms with E-state index in [0.29, 0.717) is 31.7 Å². The first-order valence-electron chi connectivity index (χ1n) is 11.7. The van der Waals surface area contributed by atoms with Gasteiger partial charge in [0.15, 0.2) is 0 Å². The summed E-state index contributed by atoms with van der Waals surface area (Å²) < 4.78 is 5.73. The Kier molecular flexibility index (Phi) is 7.30. The maximum atomic E-state index is 13.0. The first-order valence-corrected chi connectivity index (χ1v) is 11.7. The van der Waals surface area contributed by atoms with E-state index < -0.39 is 0 Å². The number of urea groups is 1. The van der Waals surface area contributed by atoms with Gasteiger partial charge in [0.1, 0.15) is 0 Å². The van der Waals surface area contributed by atoms with Crippen molar-refractivity contribution < 1.29 is 14.3 Å². The maximum Gasteiger partial charge on any atom is 0.318 e. The highest BCUT2D eigenvalue weighted by Crippen LogP contribution is 2.25. The van der Waals surface area contributed by atoms with E-state index in [1.54, 1.807) is 0 Å². The van der Waals surface area contributed by atoms with Gasteiger partial charge in [-0.05, 0) is 44.2 Å². The minimum Gasteiger partial charge on any atom is -0.372 e. The van der Waals surface area contributed by atoms with Gasteiger partial charge in [-0.2, -0.15) is 0 Å². The van der Waals surface area contributed by atoms with Gasteiger partial charge in [-0.3, -0.25) is 4.79 Å². The number of carbonyl (C=O) groups excluding carboxylic acids is 2. The Morgan fingerprint density at radius 2 is 1.61 bits per heavy atom. The zero-order valence-electron chi connectivity index (χ0n) is 19.7. The van der Waals surface area contributed by atoms with Crippen LogP contribution in [0.2, 0.25) is 0 Å². The minimum absolute atomic E-state index is 0.0238. The van der Waals surface area contributed by atoms with Crippen molar-refractivity contribution >= 4 is 11.9 Å². The molecule has 2 aliphatic heterocycles. The number of carbonyl (C=O) groups is 2. The van der Waals surface area contributed by atoms with Crippen LogP contribution in [-0.2, 0) is 11.3 Å². The standard InChI is InChI=1S/C26H34N4O3/c1-19-16-29(17-20(2)33-19)25(31)23-11-9-21(10-12-23)15-27-26(32)30-14-13-28(3)18-24(30)22-7-5-4-6-8-22/h4-12,19-20,24H,13-18H2,1-3H3,(H,27,32). The Hall–Kier alpha value is -2.90. The largest absolute Gasteiger partial charge is 0.372 e. The van der Waals surface area contributed by atoms with E-state index in [2.05, 4.69) is 29.4 Å². The molecule has 2 aromatic carbocycles. The molecule has 3 atom stereocenters. The summed E-state index contributed by atoms with van der Waals surface area (Å²) in [6.45, 7) is 7.97. The second kappa shape index (κ2) is 10.4. The summed E-state index contributed by atoms with van der Waals surface area (Å²) in [5.74, 6) is 0.0238. The van der Waals surface area contributed by atoms with Crippen molar-refractivity contribution in [3.05, 3.63) is 71.3 Å². The van der Waals surface area contributed by atoms with Crippen LogP contribution in [0.4, 0.5) is 4.79 Å². The van der Waals surface area contributed by atoms with Crippen molar-refractivity contribution in [2.45, 2.75) is 38.6 Å². The number of morpholine rings is 1. The highest BCUT2D eigenvalue weighted by molar-refractivity contribution is 5.94. The average Bonchev–Trinajstić information content (AvgIpc) is 2.82. The van der Waals surface area contributed by atoms with Gasteiger partial charge < -0.3 is 24.8 Å². The average molecular weight is 451 g/mol. The second-order valence-corrected chi connectivity index (χ2v) is 9.21. The van der Waals surface area contributed by atoms with Gasteiger partial charge in [0.2, 0.25) is 0 Å². The fraction of sp³-hybridized carbons (Fsp3) is 0.462. The third kappa shape index (κ3) is 5.72. The smallest absolute Gasteiger partial charge is 0.318 e. The summed E-state index contributed by atoms with van der Waals surface area (Å²) in [5.41, 5.74) is 2.78. The first kappa shape index (κ1) is 23.3. The molecule has 4 rings (SSSR count). The summed E-state index contributed by atoms with van der Waals surface area (Å²) in [7, 11) is 2.09. The monoisotopic (exact) mass is 450 g/mol. The SMILES string of the molecule is CC1CN(C(=O)c2ccc(CNC(=O)N3CCN(C)CC3c3ccccc3)cc2)CC(C)O1. The van der Waals surface area contributed by atoms with Gasteiger partial charge in [-0.15, -0.1) is 0 Å². The summed E-state index contributed by atoms with van der Waals surface area (Å²) in [6.07, 6.45) is 0.0861. The van der Waals surface area contributed by atoms with Crippen molar-refractivity contribution in [1.82, 2.24) is 20.0 Å². The van der Waals surface area contributed by atoms with Crippen LogP contribution in [0, 0.1) is 0 Å². The maximum absolute atomic E-state index is 13.0. The molecule has 2 aliphatic rings. The number of rotatable bonds is 4. The molecule has 2 aromatic rings. The molecule has 3 unspecified atom stereocenters. The van der Waals surface area contributed by atoms with E-state index in [-0.39, 0.29) is 30.2 Å². The molecular weight excluding hydrogens is 416 g/mol. The Bertz CT molecular complexity index is 940. The molecule has 176 valence electrons. The molecule has 0 spiro atoms. The first-order chi connectivity index (χ1) is 15.9. The fourth-order valence-corrected chi connectivity index (χ4v) is 4.69. The van der Waals surface area contributed by atoms with E-state index in [9.17, 15) is 9.59 Å². The van der Waals surface area contributed by atoms with Crippen molar-refractivity contribution in [2.24, 2.45) is 0 Å². The molecule has 2 fully saturated rings. The van der Waals surface area contributed by atoms with E-state index >= 15 is 0 Å². The Morgan fingerprint density at radius 3 is 2.27 bits per heavy atom. The molecule has 2 heterocycles. The summed E-state index contributed by atoms with van der Waals surface area (Å²) >= 11 is 0. The van der Waals surface area contributed by atoms with Gasteiger partial charge in [0.25, 0.3) is 5.91 Å². The van der Waals surface area contributed by atoms with Crippen LogP contribution in [-0.4, -0.2) is 78.6 Å². The Morgan fingerprint density at radius 1 is 0.939 bits per heavy atom. The Balaban J connectivity index is 1.35. The number of nitrogens with one attached hydrogen (secondary N) is 1. The van der Waals surface area contributed by atoms with Crippen LogP contribution < -0.4 is 5.32 Å². The van der Waals surface area contributed by atoms with Crippen LogP contribution in [0.3, 0.4) is 0 Å². The quantitative estimate of drug-likeness (QED) is 0.777. The van der Waals surface area contributed by atoms with Crippen LogP contribution in [0.15, 0.2) is 54.6 Å². The Labute approximate surface area is 196 Å². The van der Waals surface area contributed by atoms with Crippen LogP contribution in [0.25, 0.3) is 0 Å². The molecule has 33 heavy (non-hydrogen) atoms. The fourth-order valence-electron chi connectivity index (χ4n) is 4.69.